The molecule has 1 aliphatic heterocycles. The molecular weight excluding hydrogens is 326 g/mol. The number of benzene rings is 2. The Hall–Kier alpha value is -2.33. The number of ether oxygens (including phenoxy) is 1. The second-order valence-corrected chi connectivity index (χ2v) is 7.16. The summed E-state index contributed by atoms with van der Waals surface area (Å²) >= 11 is 0. The molecule has 4 nitrogen and oxygen atoms in total. The van der Waals surface area contributed by atoms with E-state index in [0.29, 0.717) is 32.4 Å². The van der Waals surface area contributed by atoms with Gasteiger partial charge in [-0.05, 0) is 49.4 Å². The fourth-order valence-electron chi connectivity index (χ4n) is 3.39. The molecule has 0 saturated carbocycles. The van der Waals surface area contributed by atoms with E-state index in [4.69, 9.17) is 4.74 Å². The van der Waals surface area contributed by atoms with E-state index in [-0.39, 0.29) is 12.5 Å². The highest BCUT2D eigenvalue weighted by atomic mass is 16.5. The normalized spacial score (nSPS) is 20.5. The number of hydrogen-bond acceptors (Lipinski definition) is 3. The summed E-state index contributed by atoms with van der Waals surface area (Å²) in [6.07, 6.45) is 2.40. The summed E-state index contributed by atoms with van der Waals surface area (Å²) in [5, 5.41) is 10.9. The van der Waals surface area contributed by atoms with Gasteiger partial charge in [0.05, 0.1) is 6.42 Å². The standard InChI is InChI=1S/C22H27NO3/c1-18-8-5-6-9-19(18)16-21(24)23-14-7-12-22(25,13-15-23)17-26-20-10-3-2-4-11-20/h2-6,8-11,25H,7,12-17H2,1H3. The summed E-state index contributed by atoms with van der Waals surface area (Å²) < 4.78 is 5.76. The Balaban J connectivity index is 1.55. The number of carbonyl (C=O) groups is 1. The lowest BCUT2D eigenvalue weighted by Gasteiger charge is -2.27. The van der Waals surface area contributed by atoms with Crippen molar-refractivity contribution in [2.24, 2.45) is 0 Å². The van der Waals surface area contributed by atoms with Gasteiger partial charge in [-0.1, -0.05) is 42.5 Å². The van der Waals surface area contributed by atoms with Crippen LogP contribution in [-0.4, -0.2) is 41.2 Å². The molecule has 1 amide bonds. The molecular formula is C22H27NO3. The van der Waals surface area contributed by atoms with E-state index < -0.39 is 5.60 Å². The second-order valence-electron chi connectivity index (χ2n) is 7.16. The molecule has 1 unspecified atom stereocenters. The highest BCUT2D eigenvalue weighted by Gasteiger charge is 2.32. The predicted octanol–water partition coefficient (Wildman–Crippen LogP) is 3.36. The third-order valence-electron chi connectivity index (χ3n) is 5.12. The maximum Gasteiger partial charge on any atom is 0.227 e. The third-order valence-corrected chi connectivity index (χ3v) is 5.12. The fourth-order valence-corrected chi connectivity index (χ4v) is 3.39. The molecule has 1 saturated heterocycles. The van der Waals surface area contributed by atoms with Crippen LogP contribution >= 0.6 is 0 Å². The average Bonchev–Trinajstić information content (AvgIpc) is 2.85. The number of hydrogen-bond donors (Lipinski definition) is 1. The molecule has 0 bridgehead atoms. The highest BCUT2D eigenvalue weighted by molar-refractivity contribution is 5.79. The number of para-hydroxylation sites is 1. The lowest BCUT2D eigenvalue weighted by atomic mass is 9.96. The van der Waals surface area contributed by atoms with Crippen molar-refractivity contribution in [3.63, 3.8) is 0 Å². The minimum atomic E-state index is -0.881. The summed E-state index contributed by atoms with van der Waals surface area (Å²) in [5.74, 6) is 0.894. The molecule has 0 aromatic heterocycles. The Labute approximate surface area is 155 Å². The van der Waals surface area contributed by atoms with Crippen molar-refractivity contribution < 1.29 is 14.6 Å². The minimum absolute atomic E-state index is 0.132. The molecule has 1 atom stereocenters. The van der Waals surface area contributed by atoms with Crippen LogP contribution in [-0.2, 0) is 11.2 Å². The van der Waals surface area contributed by atoms with E-state index in [9.17, 15) is 9.90 Å². The van der Waals surface area contributed by atoms with Crippen molar-refractivity contribution in [3.8, 4) is 5.75 Å². The smallest absolute Gasteiger partial charge is 0.227 e. The zero-order valence-electron chi connectivity index (χ0n) is 15.4. The molecule has 0 aliphatic carbocycles. The van der Waals surface area contributed by atoms with Gasteiger partial charge in [0, 0.05) is 13.1 Å². The van der Waals surface area contributed by atoms with Gasteiger partial charge in [0.1, 0.15) is 18.0 Å². The summed E-state index contributed by atoms with van der Waals surface area (Å²) in [6.45, 7) is 3.55. The van der Waals surface area contributed by atoms with E-state index in [1.54, 1.807) is 0 Å². The van der Waals surface area contributed by atoms with Crippen molar-refractivity contribution in [3.05, 3.63) is 65.7 Å². The van der Waals surface area contributed by atoms with E-state index in [1.807, 2.05) is 66.4 Å². The molecule has 2 aromatic rings. The van der Waals surface area contributed by atoms with Crippen LogP contribution in [0.15, 0.2) is 54.6 Å². The van der Waals surface area contributed by atoms with Crippen LogP contribution in [0.1, 0.15) is 30.4 Å². The van der Waals surface area contributed by atoms with E-state index >= 15 is 0 Å². The van der Waals surface area contributed by atoms with E-state index in [2.05, 4.69) is 0 Å². The molecule has 1 fully saturated rings. The van der Waals surface area contributed by atoms with Crippen molar-refractivity contribution in [1.29, 1.82) is 0 Å². The van der Waals surface area contributed by atoms with Crippen LogP contribution < -0.4 is 4.74 Å². The largest absolute Gasteiger partial charge is 0.491 e. The molecule has 1 aliphatic rings. The lowest BCUT2D eigenvalue weighted by Crippen LogP contribution is -2.38. The van der Waals surface area contributed by atoms with Crippen molar-refractivity contribution in [1.82, 2.24) is 4.90 Å². The van der Waals surface area contributed by atoms with Crippen LogP contribution in [0.2, 0.25) is 0 Å². The van der Waals surface area contributed by atoms with E-state index in [0.717, 1.165) is 23.3 Å². The van der Waals surface area contributed by atoms with Gasteiger partial charge in [0.15, 0.2) is 0 Å². The number of carbonyl (C=O) groups excluding carboxylic acids is 1. The number of nitrogens with zero attached hydrogens (tertiary/aromatic N) is 1. The number of aryl methyl sites for hydroxylation is 1. The summed E-state index contributed by atoms with van der Waals surface area (Å²) in [7, 11) is 0. The molecule has 2 aromatic carbocycles. The van der Waals surface area contributed by atoms with Gasteiger partial charge in [0.25, 0.3) is 0 Å². The first-order valence-corrected chi connectivity index (χ1v) is 9.28. The SMILES string of the molecule is Cc1ccccc1CC(=O)N1CCCC(O)(COc2ccccc2)CC1. The van der Waals surface area contributed by atoms with Gasteiger partial charge in [0.2, 0.25) is 5.91 Å². The minimum Gasteiger partial charge on any atom is -0.491 e. The zero-order valence-corrected chi connectivity index (χ0v) is 15.4. The molecule has 0 spiro atoms. The van der Waals surface area contributed by atoms with Gasteiger partial charge in [-0.2, -0.15) is 0 Å². The fraction of sp³-hybridized carbons (Fsp3) is 0.409. The van der Waals surface area contributed by atoms with Gasteiger partial charge in [-0.25, -0.2) is 0 Å². The average molecular weight is 353 g/mol. The number of aliphatic hydroxyl groups is 1. The zero-order chi connectivity index (χ0) is 18.4. The first-order chi connectivity index (χ1) is 12.6. The first kappa shape index (κ1) is 18.5. The first-order valence-electron chi connectivity index (χ1n) is 9.28. The summed E-state index contributed by atoms with van der Waals surface area (Å²) in [5.41, 5.74) is 1.33. The third kappa shape index (κ3) is 4.85. The Bertz CT molecular complexity index is 731. The summed E-state index contributed by atoms with van der Waals surface area (Å²) in [4.78, 5) is 14.6. The Morgan fingerprint density at radius 1 is 1.08 bits per heavy atom. The van der Waals surface area contributed by atoms with E-state index in [1.165, 1.54) is 0 Å². The summed E-state index contributed by atoms with van der Waals surface area (Å²) in [6, 6.07) is 17.5. The maximum atomic E-state index is 12.7. The lowest BCUT2D eigenvalue weighted by molar-refractivity contribution is -0.130. The topological polar surface area (TPSA) is 49.8 Å². The second kappa shape index (κ2) is 8.37. The van der Waals surface area contributed by atoms with Crippen molar-refractivity contribution in [2.75, 3.05) is 19.7 Å². The molecule has 0 radical (unpaired) electrons. The van der Waals surface area contributed by atoms with Crippen LogP contribution in [0, 0.1) is 6.92 Å². The number of likely N-dealkylation sites (tertiary alicyclic amines) is 1. The van der Waals surface area contributed by atoms with Gasteiger partial charge >= 0.3 is 0 Å². The van der Waals surface area contributed by atoms with Gasteiger partial charge in [-0.15, -0.1) is 0 Å². The molecule has 4 heteroatoms. The Morgan fingerprint density at radius 2 is 1.81 bits per heavy atom. The molecule has 138 valence electrons. The maximum absolute atomic E-state index is 12.7. The number of rotatable bonds is 5. The van der Waals surface area contributed by atoms with Gasteiger partial charge < -0.3 is 14.7 Å². The number of amides is 1. The van der Waals surface area contributed by atoms with Crippen LogP contribution in [0.4, 0.5) is 0 Å². The molecule has 1 N–H and O–H groups in total. The Morgan fingerprint density at radius 3 is 2.58 bits per heavy atom. The molecule has 3 rings (SSSR count). The predicted molar refractivity (Wildman–Crippen MR) is 102 cm³/mol. The highest BCUT2D eigenvalue weighted by Crippen LogP contribution is 2.24. The van der Waals surface area contributed by atoms with Crippen molar-refractivity contribution >= 4 is 5.91 Å². The quantitative estimate of drug-likeness (QED) is 0.897. The van der Waals surface area contributed by atoms with Crippen LogP contribution in [0.25, 0.3) is 0 Å². The van der Waals surface area contributed by atoms with Crippen molar-refractivity contribution in [2.45, 2.75) is 38.2 Å². The van der Waals surface area contributed by atoms with Gasteiger partial charge in [-0.3, -0.25) is 4.79 Å². The molecule has 1 heterocycles. The Kier molecular flexibility index (Phi) is 5.94. The monoisotopic (exact) mass is 353 g/mol. The van der Waals surface area contributed by atoms with Crippen LogP contribution in [0.3, 0.4) is 0 Å². The van der Waals surface area contributed by atoms with Crippen LogP contribution in [0.5, 0.6) is 5.75 Å². The molecule has 26 heavy (non-hydrogen) atoms.